The number of benzene rings is 1. The Balaban J connectivity index is 1.78. The average Bonchev–Trinajstić information content (AvgIpc) is 2.60. The van der Waals surface area contributed by atoms with Gasteiger partial charge in [0.25, 0.3) is 5.91 Å². The van der Waals surface area contributed by atoms with Crippen LogP contribution in [0.4, 0.5) is 5.69 Å². The fraction of sp³-hybridized carbons (Fsp3) is 0.474. The normalized spacial score (nSPS) is 18.3. The molecule has 0 saturated heterocycles. The average molecular weight is 315 g/mol. The van der Waals surface area contributed by atoms with Gasteiger partial charge in [-0.15, -0.1) is 0 Å². The Morgan fingerprint density at radius 3 is 2.61 bits per heavy atom. The van der Waals surface area contributed by atoms with Crippen molar-refractivity contribution in [3.8, 4) is 0 Å². The molecule has 1 aliphatic carbocycles. The Kier molecular flexibility index (Phi) is 6.39. The third-order valence-corrected chi connectivity index (χ3v) is 4.32. The van der Waals surface area contributed by atoms with Crippen molar-refractivity contribution in [2.75, 3.05) is 11.9 Å². The van der Waals surface area contributed by atoms with Crippen molar-refractivity contribution >= 4 is 17.6 Å². The molecule has 2 rings (SSSR count). The lowest BCUT2D eigenvalue weighted by Crippen LogP contribution is -2.25. The molecule has 0 bridgehead atoms. The van der Waals surface area contributed by atoms with Gasteiger partial charge in [-0.3, -0.25) is 9.59 Å². The second-order valence-electron chi connectivity index (χ2n) is 6.07. The first-order valence-corrected chi connectivity index (χ1v) is 8.31. The molecule has 0 spiro atoms. The summed E-state index contributed by atoms with van der Waals surface area (Å²) in [5.41, 5.74) is 1.97. The van der Waals surface area contributed by atoms with Gasteiger partial charge >= 0.3 is 5.97 Å². The minimum atomic E-state index is -0.305. The molecule has 1 amide bonds. The first kappa shape index (κ1) is 17.3. The van der Waals surface area contributed by atoms with Crippen LogP contribution in [-0.4, -0.2) is 18.5 Å². The molecule has 0 fully saturated rings. The van der Waals surface area contributed by atoms with Gasteiger partial charge in [0.2, 0.25) is 0 Å². The van der Waals surface area contributed by atoms with E-state index in [1.54, 1.807) is 0 Å². The van der Waals surface area contributed by atoms with Crippen LogP contribution in [-0.2, 0) is 14.3 Å². The van der Waals surface area contributed by atoms with Gasteiger partial charge in [0, 0.05) is 5.69 Å². The maximum atomic E-state index is 11.9. The maximum Gasteiger partial charge on any atom is 0.309 e. The van der Waals surface area contributed by atoms with Crippen LogP contribution in [0.25, 0.3) is 0 Å². The van der Waals surface area contributed by atoms with Crippen molar-refractivity contribution in [3.63, 3.8) is 0 Å². The number of rotatable bonds is 6. The van der Waals surface area contributed by atoms with Gasteiger partial charge in [0.05, 0.1) is 5.92 Å². The van der Waals surface area contributed by atoms with Gasteiger partial charge in [-0.25, -0.2) is 0 Å². The number of amides is 1. The van der Waals surface area contributed by atoms with E-state index in [9.17, 15) is 9.59 Å². The summed E-state index contributed by atoms with van der Waals surface area (Å²) in [6, 6.07) is 7.80. The molecule has 0 radical (unpaired) electrons. The molecule has 1 aliphatic rings. The van der Waals surface area contributed by atoms with E-state index >= 15 is 0 Å². The molecule has 23 heavy (non-hydrogen) atoms. The van der Waals surface area contributed by atoms with Gasteiger partial charge < -0.3 is 10.1 Å². The van der Waals surface area contributed by atoms with Gasteiger partial charge in [-0.1, -0.05) is 38.1 Å². The van der Waals surface area contributed by atoms with E-state index in [0.29, 0.717) is 12.3 Å². The zero-order valence-corrected chi connectivity index (χ0v) is 13.9. The van der Waals surface area contributed by atoms with Crippen molar-refractivity contribution in [3.05, 3.63) is 42.0 Å². The van der Waals surface area contributed by atoms with E-state index in [-0.39, 0.29) is 24.4 Å². The standard InChI is InChI=1S/C19H25NO3/c1-3-14(2)15-9-11-17(12-10-15)20-18(21)13-23-19(22)16-7-5-4-6-8-16/h4-5,9-12,14,16H,3,6-8,13H2,1-2H3,(H,20,21)/t14-,16+/m0/s1. The Bertz CT molecular complexity index is 562. The summed E-state index contributed by atoms with van der Waals surface area (Å²) >= 11 is 0. The number of ether oxygens (including phenoxy) is 1. The van der Waals surface area contributed by atoms with E-state index in [2.05, 4.69) is 25.2 Å². The maximum absolute atomic E-state index is 11.9. The molecule has 0 aromatic heterocycles. The highest BCUT2D eigenvalue weighted by atomic mass is 16.5. The number of esters is 1. The zero-order valence-electron chi connectivity index (χ0n) is 13.9. The third-order valence-electron chi connectivity index (χ3n) is 4.32. The minimum absolute atomic E-state index is 0.109. The van der Waals surface area contributed by atoms with Crippen molar-refractivity contribution in [2.45, 2.75) is 45.4 Å². The molecule has 1 aromatic carbocycles. The van der Waals surface area contributed by atoms with Crippen molar-refractivity contribution in [2.24, 2.45) is 5.92 Å². The summed E-state index contributed by atoms with van der Waals surface area (Å²) in [4.78, 5) is 23.7. The largest absolute Gasteiger partial charge is 0.455 e. The fourth-order valence-electron chi connectivity index (χ4n) is 2.59. The van der Waals surface area contributed by atoms with Gasteiger partial charge in [0.1, 0.15) is 0 Å². The topological polar surface area (TPSA) is 55.4 Å². The molecule has 0 heterocycles. The summed E-state index contributed by atoms with van der Waals surface area (Å²) in [7, 11) is 0. The first-order valence-electron chi connectivity index (χ1n) is 8.31. The van der Waals surface area contributed by atoms with Crippen LogP contribution in [0.2, 0.25) is 0 Å². The number of carbonyl (C=O) groups is 2. The van der Waals surface area contributed by atoms with Gasteiger partial charge in [-0.2, -0.15) is 0 Å². The van der Waals surface area contributed by atoms with Gasteiger partial charge in [0.15, 0.2) is 6.61 Å². The van der Waals surface area contributed by atoms with E-state index in [1.165, 1.54) is 5.56 Å². The summed E-state index contributed by atoms with van der Waals surface area (Å²) in [6.07, 6.45) is 7.55. The van der Waals surface area contributed by atoms with Crippen molar-refractivity contribution in [1.29, 1.82) is 0 Å². The zero-order chi connectivity index (χ0) is 16.7. The van der Waals surface area contributed by atoms with Crippen molar-refractivity contribution < 1.29 is 14.3 Å². The van der Waals surface area contributed by atoms with Crippen LogP contribution in [0.3, 0.4) is 0 Å². The summed E-state index contributed by atoms with van der Waals surface area (Å²) in [6.45, 7) is 4.09. The molecule has 0 aliphatic heterocycles. The molecular weight excluding hydrogens is 290 g/mol. The predicted molar refractivity (Wildman–Crippen MR) is 91.2 cm³/mol. The molecule has 4 heteroatoms. The van der Waals surface area contributed by atoms with E-state index in [1.807, 2.05) is 30.3 Å². The number of allylic oxidation sites excluding steroid dienone is 2. The van der Waals surface area contributed by atoms with Crippen LogP contribution >= 0.6 is 0 Å². The highest BCUT2D eigenvalue weighted by molar-refractivity contribution is 5.92. The molecule has 1 N–H and O–H groups in total. The van der Waals surface area contributed by atoms with Crippen LogP contribution in [0.15, 0.2) is 36.4 Å². The number of hydrogen-bond donors (Lipinski definition) is 1. The lowest BCUT2D eigenvalue weighted by atomic mass is 9.95. The van der Waals surface area contributed by atoms with Crippen LogP contribution in [0.1, 0.15) is 51.0 Å². The van der Waals surface area contributed by atoms with Crippen LogP contribution < -0.4 is 5.32 Å². The monoisotopic (exact) mass is 315 g/mol. The molecule has 124 valence electrons. The summed E-state index contributed by atoms with van der Waals surface area (Å²) < 4.78 is 5.11. The smallest absolute Gasteiger partial charge is 0.309 e. The third kappa shape index (κ3) is 5.23. The molecule has 0 unspecified atom stereocenters. The van der Waals surface area contributed by atoms with Crippen LogP contribution in [0.5, 0.6) is 0 Å². The molecule has 2 atom stereocenters. The first-order chi connectivity index (χ1) is 11.1. The molecule has 1 aromatic rings. The Labute approximate surface area is 137 Å². The Morgan fingerprint density at radius 1 is 1.26 bits per heavy atom. The molecule has 0 saturated carbocycles. The molecular formula is C19H25NO3. The number of hydrogen-bond acceptors (Lipinski definition) is 3. The van der Waals surface area contributed by atoms with Gasteiger partial charge in [-0.05, 0) is 49.3 Å². The molecule has 4 nitrogen and oxygen atoms in total. The van der Waals surface area contributed by atoms with Crippen LogP contribution in [0, 0.1) is 5.92 Å². The Morgan fingerprint density at radius 2 is 2.00 bits per heavy atom. The highest BCUT2D eigenvalue weighted by Gasteiger charge is 2.20. The lowest BCUT2D eigenvalue weighted by Gasteiger charge is -2.16. The highest BCUT2D eigenvalue weighted by Crippen LogP contribution is 2.21. The number of carbonyl (C=O) groups excluding carboxylic acids is 2. The second kappa shape index (κ2) is 8.51. The van der Waals surface area contributed by atoms with E-state index in [4.69, 9.17) is 4.74 Å². The summed E-state index contributed by atoms with van der Waals surface area (Å²) in [5.74, 6) is -0.189. The number of nitrogens with one attached hydrogen (secondary N) is 1. The SMILES string of the molecule is CC[C@H](C)c1ccc(NC(=O)COC(=O)[C@@H]2CC=CCC2)cc1. The quantitative estimate of drug-likeness (QED) is 0.637. The number of anilines is 1. The van der Waals surface area contributed by atoms with Crippen molar-refractivity contribution in [1.82, 2.24) is 0 Å². The lowest BCUT2D eigenvalue weighted by molar-refractivity contribution is -0.151. The predicted octanol–water partition coefficient (Wildman–Crippen LogP) is 4.04. The second-order valence-corrected chi connectivity index (χ2v) is 6.07. The fourth-order valence-corrected chi connectivity index (χ4v) is 2.59. The van der Waals surface area contributed by atoms with E-state index in [0.717, 1.165) is 24.9 Å². The minimum Gasteiger partial charge on any atom is -0.455 e. The van der Waals surface area contributed by atoms with E-state index < -0.39 is 0 Å². The summed E-state index contributed by atoms with van der Waals surface area (Å²) in [5, 5.41) is 2.75. The Hall–Kier alpha value is -2.10.